The van der Waals surface area contributed by atoms with E-state index in [-0.39, 0.29) is 17.3 Å². The van der Waals surface area contributed by atoms with Gasteiger partial charge in [0.15, 0.2) is 0 Å². The monoisotopic (exact) mass is 569 g/mol. The third-order valence-corrected chi connectivity index (χ3v) is 7.97. The molecule has 1 N–H and O–H groups in total. The Morgan fingerprint density at radius 2 is 1.86 bits per heavy atom. The smallest absolute Gasteiger partial charge is 0.293 e. The minimum atomic E-state index is -0.315. The SMILES string of the molecule is C=CCCc1cc(O)cc(-c2ccc3c(c2)c(CC(C)(C)COC=O)c(C(/C=C(/C)C=C)=C(/C)C(C)OC)n3CC)c1. The number of aromatic nitrogens is 1. The van der Waals surface area contributed by atoms with Gasteiger partial charge in [0, 0.05) is 35.5 Å². The van der Waals surface area contributed by atoms with Crippen molar-refractivity contribution in [2.24, 2.45) is 5.41 Å². The highest BCUT2D eigenvalue weighted by molar-refractivity contribution is 5.95. The third-order valence-electron chi connectivity index (χ3n) is 7.97. The topological polar surface area (TPSA) is 60.7 Å². The number of phenols is 1. The Labute approximate surface area is 251 Å². The Morgan fingerprint density at radius 1 is 1.12 bits per heavy atom. The predicted molar refractivity (Wildman–Crippen MR) is 176 cm³/mol. The first-order chi connectivity index (χ1) is 20.0. The summed E-state index contributed by atoms with van der Waals surface area (Å²) in [4.78, 5) is 11.1. The molecule has 3 rings (SSSR count). The molecule has 0 spiro atoms. The molecule has 5 nitrogen and oxygen atoms in total. The maximum atomic E-state index is 11.1. The van der Waals surface area contributed by atoms with Crippen molar-refractivity contribution < 1.29 is 19.4 Å². The summed E-state index contributed by atoms with van der Waals surface area (Å²) >= 11 is 0. The number of aryl methyl sites for hydroxylation is 2. The molecule has 224 valence electrons. The minimum Gasteiger partial charge on any atom is -0.508 e. The molecular formula is C37H47NO4. The minimum absolute atomic E-state index is 0.0896. The van der Waals surface area contributed by atoms with Gasteiger partial charge in [-0.2, -0.15) is 0 Å². The molecule has 1 heterocycles. The largest absolute Gasteiger partial charge is 0.508 e. The number of nitrogens with zero attached hydrogens (tertiary/aromatic N) is 1. The van der Waals surface area contributed by atoms with Crippen LogP contribution in [0.3, 0.4) is 0 Å². The number of phenolic OH excluding ortho intramolecular Hbond substituents is 1. The molecular weight excluding hydrogens is 522 g/mol. The van der Waals surface area contributed by atoms with Gasteiger partial charge in [-0.05, 0) is 105 Å². The molecule has 1 unspecified atom stereocenters. The van der Waals surface area contributed by atoms with E-state index in [0.29, 0.717) is 19.5 Å². The van der Waals surface area contributed by atoms with Crippen molar-refractivity contribution >= 4 is 22.9 Å². The van der Waals surface area contributed by atoms with Crippen LogP contribution in [-0.2, 0) is 33.7 Å². The Balaban J connectivity index is 2.42. The zero-order valence-electron chi connectivity index (χ0n) is 26.4. The molecule has 0 radical (unpaired) electrons. The Kier molecular flexibility index (Phi) is 11.2. The molecule has 3 aromatic rings. The van der Waals surface area contributed by atoms with Crippen LogP contribution >= 0.6 is 0 Å². The van der Waals surface area contributed by atoms with Crippen molar-refractivity contribution in [3.05, 3.63) is 95.8 Å². The van der Waals surface area contributed by atoms with Gasteiger partial charge < -0.3 is 19.1 Å². The summed E-state index contributed by atoms with van der Waals surface area (Å²) in [5.74, 6) is 0.255. The summed E-state index contributed by atoms with van der Waals surface area (Å²) in [7, 11) is 1.73. The van der Waals surface area contributed by atoms with Gasteiger partial charge in [-0.15, -0.1) is 6.58 Å². The molecule has 5 heteroatoms. The average molecular weight is 570 g/mol. The fourth-order valence-corrected chi connectivity index (χ4v) is 5.51. The molecule has 0 fully saturated rings. The average Bonchev–Trinajstić information content (AvgIpc) is 3.27. The second kappa shape index (κ2) is 14.4. The summed E-state index contributed by atoms with van der Waals surface area (Å²) in [5.41, 5.74) is 9.50. The summed E-state index contributed by atoms with van der Waals surface area (Å²) in [6, 6.07) is 12.3. The van der Waals surface area contributed by atoms with Crippen molar-refractivity contribution in [2.75, 3.05) is 13.7 Å². The lowest BCUT2D eigenvalue weighted by atomic mass is 9.83. The van der Waals surface area contributed by atoms with E-state index in [9.17, 15) is 9.90 Å². The van der Waals surface area contributed by atoms with Gasteiger partial charge in [-0.3, -0.25) is 4.79 Å². The highest BCUT2D eigenvalue weighted by atomic mass is 16.5. The van der Waals surface area contributed by atoms with Crippen molar-refractivity contribution in [1.82, 2.24) is 4.57 Å². The molecule has 42 heavy (non-hydrogen) atoms. The van der Waals surface area contributed by atoms with E-state index in [2.05, 4.69) is 89.6 Å². The molecule has 1 aromatic heterocycles. The maximum absolute atomic E-state index is 11.1. The quantitative estimate of drug-likeness (QED) is 0.113. The number of fused-ring (bicyclic) bond motifs is 1. The van der Waals surface area contributed by atoms with Gasteiger partial charge in [0.2, 0.25) is 0 Å². The van der Waals surface area contributed by atoms with Crippen LogP contribution < -0.4 is 0 Å². The second-order valence-electron chi connectivity index (χ2n) is 11.8. The lowest BCUT2D eigenvalue weighted by Gasteiger charge is -2.25. The number of carbonyl (C=O) groups is 1. The van der Waals surface area contributed by atoms with Crippen LogP contribution in [0, 0.1) is 5.41 Å². The number of carbonyl (C=O) groups excluding carboxylic acids is 1. The first-order valence-electron chi connectivity index (χ1n) is 14.7. The van der Waals surface area contributed by atoms with Crippen LogP contribution in [0.2, 0.25) is 0 Å². The molecule has 0 aliphatic rings. The molecule has 0 bridgehead atoms. The lowest BCUT2D eigenvalue weighted by Crippen LogP contribution is -2.23. The molecule has 2 aromatic carbocycles. The number of ether oxygens (including phenoxy) is 2. The van der Waals surface area contributed by atoms with Gasteiger partial charge in [-0.1, -0.05) is 50.3 Å². The van der Waals surface area contributed by atoms with E-state index in [1.165, 1.54) is 5.56 Å². The predicted octanol–water partition coefficient (Wildman–Crippen LogP) is 8.83. The normalized spacial score (nSPS) is 13.5. The molecule has 0 amide bonds. The van der Waals surface area contributed by atoms with Crippen LogP contribution in [-0.4, -0.2) is 36.0 Å². The zero-order chi connectivity index (χ0) is 31.0. The number of methoxy groups -OCH3 is 1. The van der Waals surface area contributed by atoms with Crippen LogP contribution in [0.25, 0.3) is 27.6 Å². The number of hydrogen-bond donors (Lipinski definition) is 1. The van der Waals surface area contributed by atoms with E-state index in [1.54, 1.807) is 7.11 Å². The first kappa shape index (κ1) is 32.7. The molecule has 1 atom stereocenters. The van der Waals surface area contributed by atoms with E-state index in [4.69, 9.17) is 9.47 Å². The van der Waals surface area contributed by atoms with Crippen molar-refractivity contribution in [1.29, 1.82) is 0 Å². The molecule has 0 aliphatic carbocycles. The lowest BCUT2D eigenvalue weighted by molar-refractivity contribution is -0.131. The Bertz CT molecular complexity index is 1500. The van der Waals surface area contributed by atoms with Crippen LogP contribution in [0.4, 0.5) is 0 Å². The maximum Gasteiger partial charge on any atom is 0.293 e. The van der Waals surface area contributed by atoms with E-state index in [1.807, 2.05) is 24.3 Å². The van der Waals surface area contributed by atoms with Crippen LogP contribution in [0.1, 0.15) is 64.8 Å². The number of hydrogen-bond acceptors (Lipinski definition) is 4. The standard InChI is InChI=1S/C37H47NO4/c1-10-13-14-28-18-30(20-31(40)19-28)29-15-16-35-33(21-29)34(22-37(7,8)23-42-24-39)36(38(35)12-3)32(17-25(4)11-2)26(5)27(6)41-9/h10-11,15-21,24,27,40H,1-2,12-14,22-23H2,3-9H3/b25-17-,32-26-. The van der Waals surface area contributed by atoms with Crippen LogP contribution in [0.5, 0.6) is 5.75 Å². The Morgan fingerprint density at radius 3 is 2.48 bits per heavy atom. The van der Waals surface area contributed by atoms with Crippen molar-refractivity contribution in [3.8, 4) is 16.9 Å². The second-order valence-corrected chi connectivity index (χ2v) is 11.8. The third kappa shape index (κ3) is 7.51. The highest BCUT2D eigenvalue weighted by Crippen LogP contribution is 2.40. The summed E-state index contributed by atoms with van der Waals surface area (Å²) < 4.78 is 13.4. The first-order valence-corrected chi connectivity index (χ1v) is 14.7. The van der Waals surface area contributed by atoms with E-state index < -0.39 is 0 Å². The van der Waals surface area contributed by atoms with Crippen molar-refractivity contribution in [2.45, 2.75) is 73.5 Å². The molecule has 0 saturated heterocycles. The van der Waals surface area contributed by atoms with E-state index in [0.717, 1.165) is 69.4 Å². The molecule has 0 aliphatic heterocycles. The van der Waals surface area contributed by atoms with E-state index >= 15 is 0 Å². The summed E-state index contributed by atoms with van der Waals surface area (Å²) in [5, 5.41) is 11.7. The fraction of sp³-hybridized carbons (Fsp3) is 0.378. The van der Waals surface area contributed by atoms with Gasteiger partial charge in [-0.25, -0.2) is 0 Å². The van der Waals surface area contributed by atoms with Crippen LogP contribution in [0.15, 0.2) is 78.9 Å². The number of aromatic hydroxyl groups is 1. The van der Waals surface area contributed by atoms with Gasteiger partial charge >= 0.3 is 0 Å². The van der Waals surface area contributed by atoms with Gasteiger partial charge in [0.25, 0.3) is 6.47 Å². The van der Waals surface area contributed by atoms with Gasteiger partial charge in [0.05, 0.1) is 18.4 Å². The van der Waals surface area contributed by atoms with Gasteiger partial charge in [0.1, 0.15) is 5.75 Å². The fourth-order valence-electron chi connectivity index (χ4n) is 5.51. The molecule has 0 saturated carbocycles. The zero-order valence-corrected chi connectivity index (χ0v) is 26.4. The summed E-state index contributed by atoms with van der Waals surface area (Å²) in [6.45, 7) is 22.1. The number of rotatable bonds is 15. The Hall–Kier alpha value is -3.83. The number of allylic oxidation sites excluding steroid dienone is 5. The van der Waals surface area contributed by atoms with Crippen molar-refractivity contribution in [3.63, 3.8) is 0 Å². The summed E-state index contributed by atoms with van der Waals surface area (Å²) in [6.07, 6.45) is 8.22. The highest BCUT2D eigenvalue weighted by Gasteiger charge is 2.28. The number of benzene rings is 2.